The zero-order valence-corrected chi connectivity index (χ0v) is 17.1. The van der Waals surface area contributed by atoms with E-state index in [0.717, 1.165) is 11.3 Å². The third-order valence-electron chi connectivity index (χ3n) is 4.69. The first-order chi connectivity index (χ1) is 13.8. The van der Waals surface area contributed by atoms with Crippen LogP contribution in [0.25, 0.3) is 0 Å². The van der Waals surface area contributed by atoms with Gasteiger partial charge in [0, 0.05) is 12.1 Å². The predicted octanol–water partition coefficient (Wildman–Crippen LogP) is 3.26. The van der Waals surface area contributed by atoms with E-state index >= 15 is 0 Å². The van der Waals surface area contributed by atoms with E-state index in [1.807, 2.05) is 6.92 Å². The summed E-state index contributed by atoms with van der Waals surface area (Å²) < 4.78 is 3.33. The molecule has 9 nitrogen and oxygen atoms in total. The van der Waals surface area contributed by atoms with Crippen LogP contribution in [0.15, 0.2) is 30.5 Å². The number of carbonyl (C=O) groups excluding carboxylic acids is 1. The summed E-state index contributed by atoms with van der Waals surface area (Å²) in [6.45, 7) is 6.57. The number of nitro groups is 1. The van der Waals surface area contributed by atoms with Crippen molar-refractivity contribution in [2.45, 2.75) is 40.4 Å². The van der Waals surface area contributed by atoms with Crippen molar-refractivity contribution in [3.8, 4) is 0 Å². The van der Waals surface area contributed by atoms with Gasteiger partial charge in [-0.1, -0.05) is 23.7 Å². The van der Waals surface area contributed by atoms with Gasteiger partial charge in [0.1, 0.15) is 11.4 Å². The Bertz CT molecular complexity index is 1050. The normalized spacial score (nSPS) is 10.9. The molecule has 0 spiro atoms. The summed E-state index contributed by atoms with van der Waals surface area (Å²) in [5, 5.41) is 22.9. The molecule has 0 fully saturated rings. The van der Waals surface area contributed by atoms with Crippen LogP contribution in [-0.2, 0) is 19.6 Å². The predicted molar refractivity (Wildman–Crippen MR) is 108 cm³/mol. The lowest BCUT2D eigenvalue weighted by Gasteiger charge is -2.09. The van der Waals surface area contributed by atoms with Gasteiger partial charge in [-0.3, -0.25) is 24.3 Å². The Morgan fingerprint density at radius 3 is 2.52 bits per heavy atom. The van der Waals surface area contributed by atoms with E-state index in [2.05, 4.69) is 15.5 Å². The van der Waals surface area contributed by atoms with Gasteiger partial charge in [-0.2, -0.15) is 10.2 Å². The van der Waals surface area contributed by atoms with Crippen molar-refractivity contribution < 1.29 is 9.72 Å². The fourth-order valence-electron chi connectivity index (χ4n) is 3.14. The molecular weight excluding hydrogens is 396 g/mol. The molecule has 3 rings (SSSR count). The van der Waals surface area contributed by atoms with Crippen molar-refractivity contribution >= 4 is 23.2 Å². The largest absolute Gasteiger partial charge is 0.346 e. The highest BCUT2D eigenvalue weighted by molar-refractivity contribution is 6.31. The molecule has 0 saturated heterocycles. The van der Waals surface area contributed by atoms with Gasteiger partial charge in [0.2, 0.25) is 0 Å². The minimum atomic E-state index is -0.418. The first-order valence-corrected chi connectivity index (χ1v) is 9.45. The molecule has 29 heavy (non-hydrogen) atoms. The molecule has 2 aromatic heterocycles. The number of aryl methyl sites for hydroxylation is 2. The Labute approximate surface area is 172 Å². The molecular formula is C19H21ClN6O3. The van der Waals surface area contributed by atoms with Crippen LogP contribution in [0.2, 0.25) is 5.02 Å². The Balaban J connectivity index is 1.67. The lowest BCUT2D eigenvalue weighted by Crippen LogP contribution is -2.24. The molecule has 1 aromatic carbocycles. The maximum atomic E-state index is 12.4. The quantitative estimate of drug-likeness (QED) is 0.469. The molecule has 1 amide bonds. The van der Waals surface area contributed by atoms with Crippen molar-refractivity contribution in [3.63, 3.8) is 0 Å². The van der Waals surface area contributed by atoms with Crippen molar-refractivity contribution in [3.05, 3.63) is 73.8 Å². The van der Waals surface area contributed by atoms with Crippen LogP contribution in [0.5, 0.6) is 0 Å². The molecule has 0 bridgehead atoms. The van der Waals surface area contributed by atoms with Crippen molar-refractivity contribution in [1.29, 1.82) is 0 Å². The standard InChI is InChI=1S/C19H21ClN6O3/c1-4-24-17(16(20)9-22-24)10-21-19(27)15-7-5-14(6-8-15)11-25-13(3)18(26(28)29)12(2)23-25/h5-9H,4,10-11H2,1-3H3,(H,21,27). The van der Waals surface area contributed by atoms with E-state index in [0.29, 0.717) is 35.1 Å². The summed E-state index contributed by atoms with van der Waals surface area (Å²) in [5.41, 5.74) is 3.06. The SMILES string of the molecule is CCn1ncc(Cl)c1CNC(=O)c1ccc(Cn2nc(C)c([N+](=O)[O-])c2C)cc1. The second-order valence-corrected chi connectivity index (χ2v) is 6.98. The number of benzene rings is 1. The molecule has 0 aliphatic heterocycles. The van der Waals surface area contributed by atoms with Gasteiger partial charge < -0.3 is 5.32 Å². The van der Waals surface area contributed by atoms with Gasteiger partial charge in [0.05, 0.1) is 34.9 Å². The highest BCUT2D eigenvalue weighted by Crippen LogP contribution is 2.22. The van der Waals surface area contributed by atoms with Gasteiger partial charge in [-0.25, -0.2) is 0 Å². The van der Waals surface area contributed by atoms with Crippen LogP contribution >= 0.6 is 11.6 Å². The lowest BCUT2D eigenvalue weighted by molar-refractivity contribution is -0.386. The summed E-state index contributed by atoms with van der Waals surface area (Å²) in [4.78, 5) is 23.1. The van der Waals surface area contributed by atoms with Crippen LogP contribution in [-0.4, -0.2) is 30.4 Å². The highest BCUT2D eigenvalue weighted by Gasteiger charge is 2.21. The molecule has 152 valence electrons. The van der Waals surface area contributed by atoms with E-state index in [1.165, 1.54) is 0 Å². The van der Waals surface area contributed by atoms with Crippen molar-refractivity contribution in [2.24, 2.45) is 0 Å². The summed E-state index contributed by atoms with van der Waals surface area (Å²) in [6, 6.07) is 7.04. The maximum absolute atomic E-state index is 12.4. The first kappa shape index (κ1) is 20.5. The second-order valence-electron chi connectivity index (χ2n) is 6.57. The molecule has 0 unspecified atom stereocenters. The average Bonchev–Trinajstić information content (AvgIpc) is 3.18. The Hall–Kier alpha value is -3.20. The second kappa shape index (κ2) is 8.44. The number of hydrogen-bond donors (Lipinski definition) is 1. The van der Waals surface area contributed by atoms with E-state index < -0.39 is 4.92 Å². The van der Waals surface area contributed by atoms with Crippen LogP contribution in [0, 0.1) is 24.0 Å². The van der Waals surface area contributed by atoms with Gasteiger partial charge in [-0.05, 0) is 38.5 Å². The first-order valence-electron chi connectivity index (χ1n) is 9.07. The maximum Gasteiger partial charge on any atom is 0.312 e. The zero-order valence-electron chi connectivity index (χ0n) is 16.3. The molecule has 1 N–H and O–H groups in total. The van der Waals surface area contributed by atoms with Gasteiger partial charge in [0.15, 0.2) is 0 Å². The van der Waals surface area contributed by atoms with E-state index in [-0.39, 0.29) is 18.1 Å². The number of amides is 1. The molecule has 10 heteroatoms. The number of nitrogens with zero attached hydrogens (tertiary/aromatic N) is 5. The Kier molecular flexibility index (Phi) is 5.97. The smallest absolute Gasteiger partial charge is 0.312 e. The van der Waals surface area contributed by atoms with Crippen LogP contribution in [0.1, 0.15) is 39.9 Å². The van der Waals surface area contributed by atoms with Crippen LogP contribution in [0.4, 0.5) is 5.69 Å². The average molecular weight is 417 g/mol. The van der Waals surface area contributed by atoms with Crippen molar-refractivity contribution in [2.75, 3.05) is 0 Å². The Morgan fingerprint density at radius 2 is 1.93 bits per heavy atom. The van der Waals surface area contributed by atoms with E-state index in [9.17, 15) is 14.9 Å². The number of halogens is 1. The van der Waals surface area contributed by atoms with Gasteiger partial charge >= 0.3 is 5.69 Å². The number of nitrogens with one attached hydrogen (secondary N) is 1. The topological polar surface area (TPSA) is 108 Å². The molecule has 3 aromatic rings. The fourth-order valence-corrected chi connectivity index (χ4v) is 3.35. The fraction of sp³-hybridized carbons (Fsp3) is 0.316. The van der Waals surface area contributed by atoms with E-state index in [4.69, 9.17) is 11.6 Å². The van der Waals surface area contributed by atoms with Crippen LogP contribution in [0.3, 0.4) is 0 Å². The summed E-state index contributed by atoms with van der Waals surface area (Å²) in [6.07, 6.45) is 1.56. The highest BCUT2D eigenvalue weighted by atomic mass is 35.5. The van der Waals surface area contributed by atoms with E-state index in [1.54, 1.807) is 53.7 Å². The summed E-state index contributed by atoms with van der Waals surface area (Å²) >= 11 is 6.11. The Morgan fingerprint density at radius 1 is 1.24 bits per heavy atom. The molecule has 0 atom stereocenters. The zero-order chi connectivity index (χ0) is 21.1. The number of aromatic nitrogens is 4. The molecule has 0 aliphatic rings. The number of rotatable bonds is 7. The molecule has 2 heterocycles. The minimum absolute atomic E-state index is 0.0333. The number of hydrogen-bond acceptors (Lipinski definition) is 5. The third kappa shape index (κ3) is 4.29. The molecule has 0 saturated carbocycles. The van der Waals surface area contributed by atoms with Crippen molar-refractivity contribution in [1.82, 2.24) is 24.9 Å². The third-order valence-corrected chi connectivity index (χ3v) is 5.00. The van der Waals surface area contributed by atoms with Gasteiger partial charge in [-0.15, -0.1) is 0 Å². The van der Waals surface area contributed by atoms with Gasteiger partial charge in [0.25, 0.3) is 5.91 Å². The molecule has 0 radical (unpaired) electrons. The minimum Gasteiger partial charge on any atom is -0.346 e. The summed E-state index contributed by atoms with van der Waals surface area (Å²) in [7, 11) is 0. The van der Waals surface area contributed by atoms with Crippen LogP contribution < -0.4 is 5.32 Å². The lowest BCUT2D eigenvalue weighted by atomic mass is 10.1. The molecule has 0 aliphatic carbocycles. The summed E-state index contributed by atoms with van der Waals surface area (Å²) in [5.74, 6) is -0.224. The number of carbonyl (C=O) groups is 1. The monoisotopic (exact) mass is 416 g/mol.